The van der Waals surface area contributed by atoms with Crippen LogP contribution >= 0.6 is 0 Å². The Balaban J connectivity index is 1.85. The molecule has 0 atom stereocenters. The zero-order chi connectivity index (χ0) is 22.4. The second kappa shape index (κ2) is 9.98. The summed E-state index contributed by atoms with van der Waals surface area (Å²) in [6.07, 6.45) is 0.273. The third-order valence-corrected chi connectivity index (χ3v) is 5.11. The van der Waals surface area contributed by atoms with E-state index in [2.05, 4.69) is 5.32 Å². The Labute approximate surface area is 182 Å². The molecular weight excluding hydrogens is 392 g/mol. The normalized spacial score (nSPS) is 10.6. The molecule has 1 aromatic heterocycles. The SMILES string of the molecule is CCOC(=O)c1cc(-c2ccc(OC)cc2)n(CCC(=O)Nc2cccc(C)c2)c1C. The van der Waals surface area contributed by atoms with E-state index in [1.165, 1.54) is 0 Å². The number of hydrogen-bond acceptors (Lipinski definition) is 4. The van der Waals surface area contributed by atoms with E-state index in [0.717, 1.165) is 34.0 Å². The molecule has 0 aliphatic carbocycles. The molecule has 0 saturated heterocycles. The molecule has 1 N–H and O–H groups in total. The van der Waals surface area contributed by atoms with Crippen molar-refractivity contribution in [3.8, 4) is 17.0 Å². The molecule has 0 unspecified atom stereocenters. The van der Waals surface area contributed by atoms with Gasteiger partial charge in [-0.05, 0) is 74.4 Å². The molecule has 0 fully saturated rings. The Kier molecular flexibility index (Phi) is 7.13. The Morgan fingerprint density at radius 3 is 2.42 bits per heavy atom. The van der Waals surface area contributed by atoms with Gasteiger partial charge in [-0.2, -0.15) is 0 Å². The number of aryl methyl sites for hydroxylation is 1. The van der Waals surface area contributed by atoms with Crippen LogP contribution in [-0.4, -0.2) is 30.2 Å². The Morgan fingerprint density at radius 2 is 1.77 bits per heavy atom. The van der Waals surface area contributed by atoms with E-state index in [-0.39, 0.29) is 18.3 Å². The predicted octanol–water partition coefficient (Wildman–Crippen LogP) is 4.99. The van der Waals surface area contributed by atoms with Crippen LogP contribution in [0.1, 0.15) is 35.0 Å². The lowest BCUT2D eigenvalue weighted by atomic mass is 10.1. The highest BCUT2D eigenvalue weighted by molar-refractivity contribution is 5.93. The second-order valence-electron chi connectivity index (χ2n) is 7.30. The Bertz CT molecular complexity index is 1070. The van der Waals surface area contributed by atoms with Crippen LogP contribution in [0, 0.1) is 13.8 Å². The fourth-order valence-electron chi connectivity index (χ4n) is 3.51. The summed E-state index contributed by atoms with van der Waals surface area (Å²) in [7, 11) is 1.62. The molecule has 6 nitrogen and oxygen atoms in total. The van der Waals surface area contributed by atoms with Gasteiger partial charge in [0.2, 0.25) is 5.91 Å². The van der Waals surface area contributed by atoms with Crippen molar-refractivity contribution in [1.82, 2.24) is 4.57 Å². The summed E-state index contributed by atoms with van der Waals surface area (Å²) in [5.41, 5.74) is 4.92. The second-order valence-corrected chi connectivity index (χ2v) is 7.30. The van der Waals surface area contributed by atoms with Crippen LogP contribution in [0.5, 0.6) is 5.75 Å². The highest BCUT2D eigenvalue weighted by Crippen LogP contribution is 2.28. The minimum Gasteiger partial charge on any atom is -0.497 e. The van der Waals surface area contributed by atoms with Gasteiger partial charge < -0.3 is 19.4 Å². The van der Waals surface area contributed by atoms with Crippen LogP contribution in [0.4, 0.5) is 5.69 Å². The summed E-state index contributed by atoms with van der Waals surface area (Å²) >= 11 is 0. The number of aromatic nitrogens is 1. The van der Waals surface area contributed by atoms with Crippen molar-refractivity contribution in [2.24, 2.45) is 0 Å². The first-order valence-electron chi connectivity index (χ1n) is 10.3. The van der Waals surface area contributed by atoms with E-state index in [1.807, 2.05) is 73.0 Å². The third-order valence-electron chi connectivity index (χ3n) is 5.11. The number of esters is 1. The minimum absolute atomic E-state index is 0.0861. The molecule has 3 rings (SSSR count). The molecule has 162 valence electrons. The molecular formula is C25H28N2O4. The van der Waals surface area contributed by atoms with Crippen LogP contribution in [0.15, 0.2) is 54.6 Å². The highest BCUT2D eigenvalue weighted by Gasteiger charge is 2.20. The average molecular weight is 421 g/mol. The molecule has 1 heterocycles. The van der Waals surface area contributed by atoms with Gasteiger partial charge in [-0.3, -0.25) is 4.79 Å². The Morgan fingerprint density at radius 1 is 1.03 bits per heavy atom. The quantitative estimate of drug-likeness (QED) is 0.522. The van der Waals surface area contributed by atoms with E-state index >= 15 is 0 Å². The molecule has 3 aromatic rings. The van der Waals surface area contributed by atoms with Gasteiger partial charge in [0.15, 0.2) is 0 Å². The number of hydrogen-bond donors (Lipinski definition) is 1. The van der Waals surface area contributed by atoms with Gasteiger partial charge in [0, 0.05) is 30.0 Å². The molecule has 6 heteroatoms. The summed E-state index contributed by atoms with van der Waals surface area (Å²) in [6.45, 7) is 6.38. The maximum absolute atomic E-state index is 12.6. The smallest absolute Gasteiger partial charge is 0.339 e. The van der Waals surface area contributed by atoms with Crippen molar-refractivity contribution in [1.29, 1.82) is 0 Å². The first-order chi connectivity index (χ1) is 14.9. The minimum atomic E-state index is -0.363. The summed E-state index contributed by atoms with van der Waals surface area (Å²) in [5.74, 6) is 0.302. The number of rotatable bonds is 8. The monoisotopic (exact) mass is 420 g/mol. The number of ether oxygens (including phenoxy) is 2. The molecule has 2 aromatic carbocycles. The topological polar surface area (TPSA) is 69.6 Å². The first kappa shape index (κ1) is 22.2. The molecule has 0 aliphatic rings. The molecule has 0 bridgehead atoms. The summed E-state index contributed by atoms with van der Waals surface area (Å²) < 4.78 is 12.4. The van der Waals surface area contributed by atoms with Crippen LogP contribution in [0.2, 0.25) is 0 Å². The largest absolute Gasteiger partial charge is 0.497 e. The van der Waals surface area contributed by atoms with E-state index in [0.29, 0.717) is 18.7 Å². The molecule has 0 radical (unpaired) electrons. The first-order valence-corrected chi connectivity index (χ1v) is 10.3. The number of nitrogens with one attached hydrogen (secondary N) is 1. The fourth-order valence-corrected chi connectivity index (χ4v) is 3.51. The van der Waals surface area contributed by atoms with Gasteiger partial charge in [0.05, 0.1) is 19.3 Å². The van der Waals surface area contributed by atoms with Crippen molar-refractivity contribution in [3.05, 3.63) is 71.4 Å². The third kappa shape index (κ3) is 5.34. The van der Waals surface area contributed by atoms with Crippen molar-refractivity contribution in [3.63, 3.8) is 0 Å². The van der Waals surface area contributed by atoms with Crippen LogP contribution in [-0.2, 0) is 16.1 Å². The van der Waals surface area contributed by atoms with Crippen LogP contribution < -0.4 is 10.1 Å². The number of benzene rings is 2. The van der Waals surface area contributed by atoms with Crippen molar-refractivity contribution < 1.29 is 19.1 Å². The van der Waals surface area contributed by atoms with Crippen molar-refractivity contribution in [2.75, 3.05) is 19.0 Å². The lowest BCUT2D eigenvalue weighted by Gasteiger charge is -2.13. The fraction of sp³-hybridized carbons (Fsp3) is 0.280. The molecule has 0 aliphatic heterocycles. The Hall–Kier alpha value is -3.54. The van der Waals surface area contributed by atoms with Gasteiger partial charge >= 0.3 is 5.97 Å². The number of anilines is 1. The van der Waals surface area contributed by atoms with E-state index in [9.17, 15) is 9.59 Å². The lowest BCUT2D eigenvalue weighted by molar-refractivity contribution is -0.116. The maximum atomic E-state index is 12.6. The molecule has 31 heavy (non-hydrogen) atoms. The number of amides is 1. The number of nitrogens with zero attached hydrogens (tertiary/aromatic N) is 1. The van der Waals surface area contributed by atoms with Crippen LogP contribution in [0.25, 0.3) is 11.3 Å². The molecule has 0 spiro atoms. The van der Waals surface area contributed by atoms with E-state index in [4.69, 9.17) is 9.47 Å². The van der Waals surface area contributed by atoms with Crippen LogP contribution in [0.3, 0.4) is 0 Å². The highest BCUT2D eigenvalue weighted by atomic mass is 16.5. The van der Waals surface area contributed by atoms with Gasteiger partial charge in [0.1, 0.15) is 5.75 Å². The van der Waals surface area contributed by atoms with E-state index < -0.39 is 0 Å². The van der Waals surface area contributed by atoms with Gasteiger partial charge in [-0.25, -0.2) is 4.79 Å². The average Bonchev–Trinajstić information content (AvgIpc) is 3.09. The summed E-state index contributed by atoms with van der Waals surface area (Å²) in [6, 6.07) is 17.1. The number of carbonyl (C=O) groups excluding carboxylic acids is 2. The van der Waals surface area contributed by atoms with Gasteiger partial charge in [-0.15, -0.1) is 0 Å². The van der Waals surface area contributed by atoms with E-state index in [1.54, 1.807) is 14.0 Å². The number of carbonyl (C=O) groups is 2. The van der Waals surface area contributed by atoms with Crippen molar-refractivity contribution >= 4 is 17.6 Å². The number of methoxy groups -OCH3 is 1. The summed E-state index contributed by atoms with van der Waals surface area (Å²) in [4.78, 5) is 25.0. The standard InChI is InChI=1S/C25H28N2O4/c1-5-31-25(29)22-16-23(19-9-11-21(30-4)12-10-19)27(18(22)3)14-13-24(28)26-20-8-6-7-17(2)15-20/h6-12,15-16H,5,13-14H2,1-4H3,(H,26,28). The van der Waals surface area contributed by atoms with Crippen molar-refractivity contribution in [2.45, 2.75) is 33.7 Å². The van der Waals surface area contributed by atoms with Gasteiger partial charge in [-0.1, -0.05) is 12.1 Å². The predicted molar refractivity (Wildman–Crippen MR) is 122 cm³/mol. The molecule has 0 saturated carbocycles. The van der Waals surface area contributed by atoms with Gasteiger partial charge in [0.25, 0.3) is 0 Å². The molecule has 1 amide bonds. The zero-order valence-electron chi connectivity index (χ0n) is 18.4. The maximum Gasteiger partial charge on any atom is 0.339 e. The summed E-state index contributed by atoms with van der Waals surface area (Å²) in [5, 5.41) is 2.94. The zero-order valence-corrected chi connectivity index (χ0v) is 18.4. The lowest BCUT2D eigenvalue weighted by Crippen LogP contribution is -2.16.